The minimum absolute atomic E-state index is 0.587. The lowest BCUT2D eigenvalue weighted by atomic mass is 10.1. The monoisotopic (exact) mass is 204 g/mol. The Balaban J connectivity index is 2.36. The summed E-state index contributed by atoms with van der Waals surface area (Å²) in [5.41, 5.74) is 1.11. The summed E-state index contributed by atoms with van der Waals surface area (Å²) in [5, 5.41) is 17.2. The summed E-state index contributed by atoms with van der Waals surface area (Å²) in [5.74, 6) is 0.679. The van der Waals surface area contributed by atoms with Crippen LogP contribution >= 0.6 is 23.1 Å². The maximum absolute atomic E-state index is 9.66. The Hall–Kier alpha value is -0.130. The van der Waals surface area contributed by atoms with Crippen molar-refractivity contribution in [1.29, 1.82) is 0 Å². The van der Waals surface area contributed by atoms with E-state index in [4.69, 9.17) is 0 Å². The Bertz CT molecular complexity index is 223. The van der Waals surface area contributed by atoms with Gasteiger partial charge in [-0.2, -0.15) is 0 Å². The zero-order valence-corrected chi connectivity index (χ0v) is 8.78. The number of aromatic nitrogens is 2. The Labute approximate surface area is 80.2 Å². The molecule has 1 unspecified atom stereocenters. The average molecular weight is 204 g/mol. The van der Waals surface area contributed by atoms with E-state index in [0.29, 0.717) is 5.75 Å². The average Bonchev–Trinajstić information content (AvgIpc) is 2.53. The van der Waals surface area contributed by atoms with Gasteiger partial charge >= 0.3 is 0 Å². The predicted molar refractivity (Wildman–Crippen MR) is 51.5 cm³/mol. The van der Waals surface area contributed by atoms with Gasteiger partial charge in [0.05, 0.1) is 5.60 Å². The molecule has 1 rings (SSSR count). The molecule has 0 bridgehead atoms. The summed E-state index contributed by atoms with van der Waals surface area (Å²) in [6, 6.07) is 0. The number of thioether (sulfide) groups is 1. The van der Waals surface area contributed by atoms with Crippen molar-refractivity contribution in [2.75, 3.05) is 5.75 Å². The molecule has 1 heterocycles. The van der Waals surface area contributed by atoms with Crippen LogP contribution in [-0.4, -0.2) is 26.7 Å². The molecule has 5 heteroatoms. The first-order chi connectivity index (χ1) is 5.64. The maximum Gasteiger partial charge on any atom is 0.174 e. The summed E-state index contributed by atoms with van der Waals surface area (Å²) in [6.07, 6.45) is 0.763. The van der Waals surface area contributed by atoms with Gasteiger partial charge < -0.3 is 5.11 Å². The second-order valence-corrected chi connectivity index (χ2v) is 4.90. The van der Waals surface area contributed by atoms with Crippen LogP contribution in [0.15, 0.2) is 9.85 Å². The largest absolute Gasteiger partial charge is 0.389 e. The topological polar surface area (TPSA) is 46.0 Å². The smallest absolute Gasteiger partial charge is 0.174 e. The molecule has 1 atom stereocenters. The predicted octanol–water partition coefficient (Wildman–Crippen LogP) is 1.79. The fraction of sp³-hybridized carbons (Fsp3) is 0.714. The standard InChI is InChI=1S/C7H12N2OS2/c1-3-7(2,10)4-11-6-9-8-5-12-6/h5,10H,3-4H2,1-2H3. The molecular formula is C7H12N2OS2. The van der Waals surface area contributed by atoms with Crippen molar-refractivity contribution in [3.05, 3.63) is 5.51 Å². The fourth-order valence-corrected chi connectivity index (χ4v) is 2.15. The van der Waals surface area contributed by atoms with Crippen molar-refractivity contribution in [3.8, 4) is 0 Å². The maximum atomic E-state index is 9.66. The third kappa shape index (κ3) is 3.08. The van der Waals surface area contributed by atoms with E-state index in [0.717, 1.165) is 10.8 Å². The van der Waals surface area contributed by atoms with E-state index in [1.807, 2.05) is 13.8 Å². The summed E-state index contributed by atoms with van der Waals surface area (Å²) >= 11 is 3.06. The molecule has 1 aromatic heterocycles. The lowest BCUT2D eigenvalue weighted by Crippen LogP contribution is -2.25. The first kappa shape index (κ1) is 9.95. The van der Waals surface area contributed by atoms with Gasteiger partial charge in [-0.15, -0.1) is 10.2 Å². The van der Waals surface area contributed by atoms with E-state index < -0.39 is 5.60 Å². The van der Waals surface area contributed by atoms with Crippen LogP contribution in [-0.2, 0) is 0 Å². The number of hydrogen-bond acceptors (Lipinski definition) is 5. The van der Waals surface area contributed by atoms with Gasteiger partial charge in [-0.3, -0.25) is 0 Å². The number of hydrogen-bond donors (Lipinski definition) is 1. The molecule has 0 saturated heterocycles. The summed E-state index contributed by atoms with van der Waals surface area (Å²) in [4.78, 5) is 0. The van der Waals surface area contributed by atoms with Crippen LogP contribution in [0.2, 0.25) is 0 Å². The molecule has 0 saturated carbocycles. The van der Waals surface area contributed by atoms with Gasteiger partial charge in [0.2, 0.25) is 0 Å². The Morgan fingerprint density at radius 1 is 1.75 bits per heavy atom. The molecular weight excluding hydrogens is 192 g/mol. The lowest BCUT2D eigenvalue weighted by Gasteiger charge is -2.19. The molecule has 0 fully saturated rings. The quantitative estimate of drug-likeness (QED) is 0.760. The molecule has 0 aliphatic rings. The van der Waals surface area contributed by atoms with Gasteiger partial charge in [-0.05, 0) is 13.3 Å². The Morgan fingerprint density at radius 2 is 2.50 bits per heavy atom. The first-order valence-corrected chi connectivity index (χ1v) is 5.62. The van der Waals surface area contributed by atoms with Crippen LogP contribution < -0.4 is 0 Å². The molecule has 68 valence electrons. The van der Waals surface area contributed by atoms with Crippen LogP contribution in [0, 0.1) is 0 Å². The SMILES string of the molecule is CCC(C)(O)CSc1nncs1. The normalized spacial score (nSPS) is 15.9. The third-order valence-corrected chi connectivity index (χ3v) is 3.83. The molecule has 12 heavy (non-hydrogen) atoms. The highest BCUT2D eigenvalue weighted by molar-refractivity contribution is 8.01. The van der Waals surface area contributed by atoms with Gasteiger partial charge in [-0.1, -0.05) is 30.0 Å². The van der Waals surface area contributed by atoms with E-state index in [1.165, 1.54) is 11.3 Å². The molecule has 0 aliphatic carbocycles. The van der Waals surface area contributed by atoms with Gasteiger partial charge in [0, 0.05) is 5.75 Å². The van der Waals surface area contributed by atoms with E-state index >= 15 is 0 Å². The van der Waals surface area contributed by atoms with Crippen LogP contribution in [0.25, 0.3) is 0 Å². The minimum atomic E-state index is -0.587. The summed E-state index contributed by atoms with van der Waals surface area (Å²) in [6.45, 7) is 3.81. The first-order valence-electron chi connectivity index (χ1n) is 3.75. The van der Waals surface area contributed by atoms with Crippen LogP contribution in [0.3, 0.4) is 0 Å². The van der Waals surface area contributed by atoms with E-state index in [9.17, 15) is 5.11 Å². The summed E-state index contributed by atoms with van der Waals surface area (Å²) < 4.78 is 0.920. The third-order valence-electron chi connectivity index (χ3n) is 1.61. The second-order valence-electron chi connectivity index (χ2n) is 2.84. The lowest BCUT2D eigenvalue weighted by molar-refractivity contribution is 0.0816. The molecule has 0 aromatic carbocycles. The zero-order chi connectivity index (χ0) is 9.03. The highest BCUT2D eigenvalue weighted by Gasteiger charge is 2.18. The second kappa shape index (κ2) is 4.20. The highest BCUT2D eigenvalue weighted by Crippen LogP contribution is 2.24. The number of aliphatic hydroxyl groups is 1. The zero-order valence-electron chi connectivity index (χ0n) is 7.15. The number of nitrogens with zero attached hydrogens (tertiary/aromatic N) is 2. The molecule has 1 N–H and O–H groups in total. The van der Waals surface area contributed by atoms with Crippen LogP contribution in [0.4, 0.5) is 0 Å². The van der Waals surface area contributed by atoms with Gasteiger partial charge in [0.15, 0.2) is 4.34 Å². The molecule has 1 aromatic rings. The molecule has 0 radical (unpaired) electrons. The Kier molecular flexibility index (Phi) is 3.49. The Morgan fingerprint density at radius 3 is 3.00 bits per heavy atom. The van der Waals surface area contributed by atoms with Crippen molar-refractivity contribution < 1.29 is 5.11 Å². The molecule has 0 amide bonds. The van der Waals surface area contributed by atoms with Crippen molar-refractivity contribution in [1.82, 2.24) is 10.2 Å². The van der Waals surface area contributed by atoms with Gasteiger partial charge in [-0.25, -0.2) is 0 Å². The molecule has 3 nitrogen and oxygen atoms in total. The molecule has 0 spiro atoms. The van der Waals surface area contributed by atoms with E-state index in [1.54, 1.807) is 17.3 Å². The van der Waals surface area contributed by atoms with Crippen molar-refractivity contribution >= 4 is 23.1 Å². The van der Waals surface area contributed by atoms with Gasteiger partial charge in [0.25, 0.3) is 0 Å². The van der Waals surface area contributed by atoms with Crippen LogP contribution in [0.1, 0.15) is 20.3 Å². The number of rotatable bonds is 4. The fourth-order valence-electron chi connectivity index (χ4n) is 0.545. The highest BCUT2D eigenvalue weighted by atomic mass is 32.2. The van der Waals surface area contributed by atoms with Crippen molar-refractivity contribution in [3.63, 3.8) is 0 Å². The van der Waals surface area contributed by atoms with Crippen LogP contribution in [0.5, 0.6) is 0 Å². The summed E-state index contributed by atoms with van der Waals surface area (Å²) in [7, 11) is 0. The minimum Gasteiger partial charge on any atom is -0.389 e. The van der Waals surface area contributed by atoms with E-state index in [2.05, 4.69) is 10.2 Å². The molecule has 0 aliphatic heterocycles. The van der Waals surface area contributed by atoms with E-state index in [-0.39, 0.29) is 0 Å². The van der Waals surface area contributed by atoms with Crippen molar-refractivity contribution in [2.45, 2.75) is 30.2 Å². The van der Waals surface area contributed by atoms with Crippen molar-refractivity contribution in [2.24, 2.45) is 0 Å². The van der Waals surface area contributed by atoms with Gasteiger partial charge in [0.1, 0.15) is 5.51 Å².